The Balaban J connectivity index is 1.37. The lowest BCUT2D eigenvalue weighted by atomic mass is 10.0. The Bertz CT molecular complexity index is 1340. The Labute approximate surface area is 189 Å². The van der Waals surface area contributed by atoms with Crippen LogP contribution >= 0.6 is 0 Å². The van der Waals surface area contributed by atoms with Crippen molar-refractivity contribution >= 4 is 22.9 Å². The van der Waals surface area contributed by atoms with Crippen LogP contribution in [0.1, 0.15) is 40.7 Å². The average Bonchev–Trinajstić information content (AvgIpc) is 3.16. The van der Waals surface area contributed by atoms with Crippen LogP contribution in [0.4, 0.5) is 9.18 Å². The molecule has 0 aliphatic carbocycles. The molecule has 0 unspecified atom stereocenters. The zero-order valence-electron chi connectivity index (χ0n) is 17.9. The summed E-state index contributed by atoms with van der Waals surface area (Å²) < 4.78 is 19.5. The predicted molar refractivity (Wildman–Crippen MR) is 123 cm³/mol. The minimum absolute atomic E-state index is 0.111. The number of nitrogens with zero attached hydrogens (tertiary/aromatic N) is 1. The summed E-state index contributed by atoms with van der Waals surface area (Å²) >= 11 is 0. The van der Waals surface area contributed by atoms with Crippen LogP contribution in [0.15, 0.2) is 82.0 Å². The highest BCUT2D eigenvalue weighted by Gasteiger charge is 2.18. The van der Waals surface area contributed by atoms with Gasteiger partial charge in [0.25, 0.3) is 0 Å². The summed E-state index contributed by atoms with van der Waals surface area (Å²) in [6.45, 7) is 0.433. The summed E-state index contributed by atoms with van der Waals surface area (Å²) in [7, 11) is 0. The maximum atomic E-state index is 13.4. The summed E-state index contributed by atoms with van der Waals surface area (Å²) in [6, 6.07) is 19.3. The molecule has 0 saturated carbocycles. The Morgan fingerprint density at radius 3 is 2.45 bits per heavy atom. The first kappa shape index (κ1) is 22.2. The summed E-state index contributed by atoms with van der Waals surface area (Å²) in [4.78, 5) is 37.4. The molecule has 4 aromatic rings. The fourth-order valence-corrected chi connectivity index (χ4v) is 3.70. The number of benzene rings is 3. The van der Waals surface area contributed by atoms with Crippen molar-refractivity contribution < 1.29 is 18.4 Å². The van der Waals surface area contributed by atoms with Crippen molar-refractivity contribution in [1.29, 1.82) is 0 Å². The molecule has 0 bridgehead atoms. The summed E-state index contributed by atoms with van der Waals surface area (Å²) in [5.74, 6) is -1.76. The number of carbonyl (C=O) groups excluding carboxylic acids is 2. The van der Waals surface area contributed by atoms with E-state index in [-0.39, 0.29) is 22.2 Å². The van der Waals surface area contributed by atoms with E-state index >= 15 is 0 Å². The molecule has 1 N–H and O–H groups in total. The third-order valence-corrected chi connectivity index (χ3v) is 5.39. The van der Waals surface area contributed by atoms with Crippen molar-refractivity contribution in [2.24, 2.45) is 0 Å². The van der Waals surface area contributed by atoms with Crippen LogP contribution < -0.4 is 11.1 Å². The SMILES string of the molecule is O=C(c1cccc(F)c1)c1ccc2c(c1)oc(=O)n2C(=O)NCCCCCc1ccccc1. The van der Waals surface area contributed by atoms with Gasteiger partial charge < -0.3 is 9.73 Å². The molecule has 1 aromatic heterocycles. The highest BCUT2D eigenvalue weighted by molar-refractivity contribution is 6.10. The summed E-state index contributed by atoms with van der Waals surface area (Å²) in [6.07, 6.45) is 3.73. The van der Waals surface area contributed by atoms with Crippen molar-refractivity contribution in [2.75, 3.05) is 6.54 Å². The second-order valence-corrected chi connectivity index (χ2v) is 7.75. The predicted octanol–water partition coefficient (Wildman–Crippen LogP) is 4.94. The van der Waals surface area contributed by atoms with Crippen LogP contribution in [0.2, 0.25) is 0 Å². The van der Waals surface area contributed by atoms with E-state index in [2.05, 4.69) is 17.4 Å². The molecule has 168 valence electrons. The molecule has 33 heavy (non-hydrogen) atoms. The van der Waals surface area contributed by atoms with Crippen molar-refractivity contribution in [3.05, 3.63) is 106 Å². The van der Waals surface area contributed by atoms with E-state index in [1.165, 1.54) is 42.0 Å². The number of fused-ring (bicyclic) bond motifs is 1. The first-order valence-corrected chi connectivity index (χ1v) is 10.8. The zero-order valence-corrected chi connectivity index (χ0v) is 17.9. The number of oxazole rings is 1. The molecule has 0 radical (unpaired) electrons. The molecule has 6 nitrogen and oxygen atoms in total. The number of hydrogen-bond donors (Lipinski definition) is 1. The minimum atomic E-state index is -0.832. The van der Waals surface area contributed by atoms with E-state index in [0.717, 1.165) is 36.3 Å². The van der Waals surface area contributed by atoms with Gasteiger partial charge in [0.05, 0.1) is 5.52 Å². The average molecular weight is 446 g/mol. The monoisotopic (exact) mass is 446 g/mol. The van der Waals surface area contributed by atoms with E-state index in [9.17, 15) is 18.8 Å². The maximum absolute atomic E-state index is 13.4. The molecule has 4 rings (SSSR count). The van der Waals surface area contributed by atoms with Crippen molar-refractivity contribution in [2.45, 2.75) is 25.7 Å². The number of amides is 1. The van der Waals surface area contributed by atoms with Crippen LogP contribution in [-0.4, -0.2) is 22.9 Å². The van der Waals surface area contributed by atoms with Crippen molar-refractivity contribution in [3.63, 3.8) is 0 Å². The molecule has 7 heteroatoms. The maximum Gasteiger partial charge on any atom is 0.428 e. The first-order chi connectivity index (χ1) is 16.0. The molecule has 0 aliphatic heterocycles. The van der Waals surface area contributed by atoms with Gasteiger partial charge in [0.1, 0.15) is 5.82 Å². The van der Waals surface area contributed by atoms with Crippen molar-refractivity contribution in [1.82, 2.24) is 9.88 Å². The van der Waals surface area contributed by atoms with E-state index in [1.807, 2.05) is 18.2 Å². The number of aryl methyl sites for hydroxylation is 1. The number of carbonyl (C=O) groups is 2. The molecule has 0 aliphatic rings. The van der Waals surface area contributed by atoms with Gasteiger partial charge in [-0.05, 0) is 55.2 Å². The van der Waals surface area contributed by atoms with Crippen LogP contribution in [0.5, 0.6) is 0 Å². The van der Waals surface area contributed by atoms with Crippen LogP contribution in [-0.2, 0) is 6.42 Å². The lowest BCUT2D eigenvalue weighted by molar-refractivity contribution is 0.103. The molecule has 3 aromatic carbocycles. The van der Waals surface area contributed by atoms with E-state index in [0.29, 0.717) is 6.54 Å². The van der Waals surface area contributed by atoms with Gasteiger partial charge in [-0.15, -0.1) is 0 Å². The van der Waals surface area contributed by atoms with Gasteiger partial charge in [0, 0.05) is 17.7 Å². The topological polar surface area (TPSA) is 81.3 Å². The number of ketones is 1. The third-order valence-electron chi connectivity index (χ3n) is 5.39. The van der Waals surface area contributed by atoms with Crippen LogP contribution in [0, 0.1) is 5.82 Å². The molecular formula is C26H23FN2O4. The van der Waals surface area contributed by atoms with Crippen LogP contribution in [0.3, 0.4) is 0 Å². The first-order valence-electron chi connectivity index (χ1n) is 10.8. The Kier molecular flexibility index (Phi) is 6.78. The molecule has 1 amide bonds. The minimum Gasteiger partial charge on any atom is -0.407 e. The molecule has 0 saturated heterocycles. The molecular weight excluding hydrogens is 423 g/mol. The molecule has 1 heterocycles. The highest BCUT2D eigenvalue weighted by atomic mass is 19.1. The second-order valence-electron chi connectivity index (χ2n) is 7.75. The number of rotatable bonds is 8. The van der Waals surface area contributed by atoms with Gasteiger partial charge in [-0.2, -0.15) is 4.57 Å². The Morgan fingerprint density at radius 1 is 0.879 bits per heavy atom. The van der Waals surface area contributed by atoms with E-state index in [4.69, 9.17) is 4.42 Å². The fourth-order valence-electron chi connectivity index (χ4n) is 3.70. The quantitative estimate of drug-likeness (QED) is 0.307. The Morgan fingerprint density at radius 2 is 1.67 bits per heavy atom. The standard InChI is InChI=1S/C26H23FN2O4/c27-21-12-7-11-19(16-21)24(30)20-13-14-22-23(17-20)33-26(32)29(22)25(31)28-15-6-2-5-10-18-8-3-1-4-9-18/h1,3-4,7-9,11-14,16-17H,2,5-6,10,15H2,(H,28,31). The summed E-state index contributed by atoms with van der Waals surface area (Å²) in [5, 5.41) is 2.74. The highest BCUT2D eigenvalue weighted by Crippen LogP contribution is 2.18. The van der Waals surface area contributed by atoms with Crippen molar-refractivity contribution in [3.8, 4) is 0 Å². The number of unbranched alkanes of at least 4 members (excludes halogenated alkanes) is 2. The molecule has 0 fully saturated rings. The van der Waals surface area contributed by atoms with Gasteiger partial charge in [-0.3, -0.25) is 4.79 Å². The molecule has 0 spiro atoms. The Hall–Kier alpha value is -4.00. The second kappa shape index (κ2) is 10.1. The fraction of sp³-hybridized carbons (Fsp3) is 0.192. The van der Waals surface area contributed by atoms with E-state index in [1.54, 1.807) is 0 Å². The normalized spacial score (nSPS) is 10.9. The number of halogens is 1. The largest absolute Gasteiger partial charge is 0.428 e. The zero-order chi connectivity index (χ0) is 23.2. The van der Waals surface area contributed by atoms with Gasteiger partial charge in [-0.1, -0.05) is 48.9 Å². The molecule has 0 atom stereocenters. The number of aromatic nitrogens is 1. The third kappa shape index (κ3) is 5.26. The number of hydrogen-bond acceptors (Lipinski definition) is 4. The smallest absolute Gasteiger partial charge is 0.407 e. The van der Waals surface area contributed by atoms with E-state index < -0.39 is 23.4 Å². The van der Waals surface area contributed by atoms with Gasteiger partial charge in [0.15, 0.2) is 11.4 Å². The van der Waals surface area contributed by atoms with Gasteiger partial charge in [-0.25, -0.2) is 14.0 Å². The van der Waals surface area contributed by atoms with Gasteiger partial charge >= 0.3 is 11.8 Å². The lowest BCUT2D eigenvalue weighted by Crippen LogP contribution is -2.34. The number of nitrogens with one attached hydrogen (secondary N) is 1. The van der Waals surface area contributed by atoms with Crippen LogP contribution in [0.25, 0.3) is 11.1 Å². The summed E-state index contributed by atoms with van der Waals surface area (Å²) in [5.41, 5.74) is 2.07. The van der Waals surface area contributed by atoms with Gasteiger partial charge in [0.2, 0.25) is 0 Å². The lowest BCUT2D eigenvalue weighted by Gasteiger charge is -2.06.